The van der Waals surface area contributed by atoms with E-state index in [1.807, 2.05) is 0 Å². The Morgan fingerprint density at radius 1 is 1.37 bits per heavy atom. The topological polar surface area (TPSA) is 55.1 Å². The van der Waals surface area contributed by atoms with Crippen molar-refractivity contribution in [1.82, 2.24) is 4.98 Å². The van der Waals surface area contributed by atoms with E-state index < -0.39 is 24.2 Å². The van der Waals surface area contributed by atoms with Crippen LogP contribution in [0.1, 0.15) is 17.6 Å². The van der Waals surface area contributed by atoms with E-state index in [0.29, 0.717) is 6.07 Å². The molecule has 0 saturated heterocycles. The fourth-order valence-electron chi connectivity index (χ4n) is 1.28. The quantitative estimate of drug-likeness (QED) is 0.797. The molecule has 1 heterocycles. The molecule has 0 unspecified atom stereocenters. The number of rotatable bonds is 4. The fraction of sp³-hybridized carbons (Fsp3) is 0.400. The molecule has 1 aromatic rings. The van der Waals surface area contributed by atoms with Gasteiger partial charge in [0.05, 0.1) is 25.2 Å². The number of hydrogen-bond donors (Lipinski definition) is 0. The number of hydrogen-bond acceptors (Lipinski definition) is 4. The second-order valence-corrected chi connectivity index (χ2v) is 3.23. The molecular formula is C10H7F5N2O2. The molecule has 0 N–H and O–H groups in total. The fourth-order valence-corrected chi connectivity index (χ4v) is 1.28. The van der Waals surface area contributed by atoms with Gasteiger partial charge in [0.1, 0.15) is 0 Å². The Morgan fingerprint density at radius 2 is 2.00 bits per heavy atom. The highest BCUT2D eigenvalue weighted by atomic mass is 19.4. The largest absolute Gasteiger partial charge is 0.574 e. The van der Waals surface area contributed by atoms with E-state index in [4.69, 9.17) is 5.26 Å². The molecule has 0 aromatic carbocycles. The molecule has 9 heteroatoms. The van der Waals surface area contributed by atoms with E-state index in [2.05, 4.69) is 14.5 Å². The van der Waals surface area contributed by atoms with Gasteiger partial charge >= 0.3 is 6.36 Å². The van der Waals surface area contributed by atoms with Crippen LogP contribution in [0.15, 0.2) is 6.07 Å². The Labute approximate surface area is 104 Å². The van der Waals surface area contributed by atoms with Gasteiger partial charge in [-0.15, -0.1) is 13.2 Å². The first-order valence-corrected chi connectivity index (χ1v) is 4.77. The van der Waals surface area contributed by atoms with Gasteiger partial charge in [0.15, 0.2) is 0 Å². The number of alkyl halides is 5. The van der Waals surface area contributed by atoms with Crippen molar-refractivity contribution in [2.45, 2.75) is 19.2 Å². The number of aromatic nitrogens is 1. The molecule has 19 heavy (non-hydrogen) atoms. The van der Waals surface area contributed by atoms with Gasteiger partial charge in [-0.05, 0) is 6.07 Å². The molecule has 0 radical (unpaired) electrons. The van der Waals surface area contributed by atoms with E-state index in [0.717, 1.165) is 7.11 Å². The zero-order chi connectivity index (χ0) is 14.6. The first-order valence-electron chi connectivity index (χ1n) is 4.77. The molecule has 0 aliphatic rings. The first-order chi connectivity index (χ1) is 8.78. The second kappa shape index (κ2) is 5.69. The van der Waals surface area contributed by atoms with Crippen molar-refractivity contribution in [3.05, 3.63) is 17.2 Å². The molecule has 0 spiro atoms. The van der Waals surface area contributed by atoms with Crippen molar-refractivity contribution >= 4 is 0 Å². The molecule has 0 aliphatic heterocycles. The molecule has 0 saturated carbocycles. The summed E-state index contributed by atoms with van der Waals surface area (Å²) in [7, 11) is 1.09. The van der Waals surface area contributed by atoms with Gasteiger partial charge in [-0.3, -0.25) is 0 Å². The van der Waals surface area contributed by atoms with Crippen molar-refractivity contribution in [2.24, 2.45) is 0 Å². The monoisotopic (exact) mass is 282 g/mol. The van der Waals surface area contributed by atoms with E-state index >= 15 is 0 Å². The molecule has 0 atom stereocenters. The van der Waals surface area contributed by atoms with Crippen LogP contribution in [0.4, 0.5) is 22.0 Å². The molecule has 4 nitrogen and oxygen atoms in total. The van der Waals surface area contributed by atoms with Crippen LogP contribution < -0.4 is 9.47 Å². The van der Waals surface area contributed by atoms with Gasteiger partial charge in [-0.25, -0.2) is 8.78 Å². The summed E-state index contributed by atoms with van der Waals surface area (Å²) in [5, 5.41) is 8.49. The van der Waals surface area contributed by atoms with E-state index in [1.165, 1.54) is 0 Å². The lowest BCUT2D eigenvalue weighted by Crippen LogP contribution is -2.19. The van der Waals surface area contributed by atoms with Gasteiger partial charge in [-0.2, -0.15) is 10.2 Å². The summed E-state index contributed by atoms with van der Waals surface area (Å²) < 4.78 is 69.6. The highest BCUT2D eigenvalue weighted by Crippen LogP contribution is 2.35. The minimum absolute atomic E-state index is 0.0465. The molecule has 0 aliphatic carbocycles. The van der Waals surface area contributed by atoms with Gasteiger partial charge in [-0.1, -0.05) is 0 Å². The van der Waals surface area contributed by atoms with E-state index in [9.17, 15) is 22.0 Å². The molecule has 1 aromatic heterocycles. The van der Waals surface area contributed by atoms with Crippen LogP contribution in [0.3, 0.4) is 0 Å². The lowest BCUT2D eigenvalue weighted by atomic mass is 10.1. The Kier molecular flexibility index (Phi) is 4.47. The standard InChI is InChI=1S/C10H7F5N2O2/c1-18-8-5(2-3-16)4-6(7(11)12)9(17-8)19-10(13,14)15/h4,7H,2H2,1H3. The number of nitrogens with zero attached hydrogens (tertiary/aromatic N) is 2. The predicted molar refractivity (Wildman–Crippen MR) is 51.7 cm³/mol. The van der Waals surface area contributed by atoms with Gasteiger partial charge in [0, 0.05) is 5.56 Å². The SMILES string of the molecule is COc1nc(OC(F)(F)F)c(C(F)F)cc1CC#N. The minimum atomic E-state index is -5.15. The lowest BCUT2D eigenvalue weighted by molar-refractivity contribution is -0.276. The molecular weight excluding hydrogens is 275 g/mol. The maximum Gasteiger partial charge on any atom is 0.574 e. The molecule has 0 bridgehead atoms. The summed E-state index contributed by atoms with van der Waals surface area (Å²) in [5.74, 6) is -1.66. The minimum Gasteiger partial charge on any atom is -0.481 e. The van der Waals surface area contributed by atoms with Crippen LogP contribution in [0.5, 0.6) is 11.8 Å². The van der Waals surface area contributed by atoms with Crippen LogP contribution in [-0.4, -0.2) is 18.5 Å². The second-order valence-electron chi connectivity index (χ2n) is 3.23. The average Bonchev–Trinajstić information content (AvgIpc) is 2.28. The van der Waals surface area contributed by atoms with Crippen molar-refractivity contribution in [3.63, 3.8) is 0 Å². The lowest BCUT2D eigenvalue weighted by Gasteiger charge is -2.14. The Morgan fingerprint density at radius 3 is 2.42 bits per heavy atom. The molecule has 1 rings (SSSR count). The third-order valence-corrected chi connectivity index (χ3v) is 1.96. The number of pyridine rings is 1. The normalized spacial score (nSPS) is 11.3. The predicted octanol–water partition coefficient (Wildman–Crippen LogP) is 2.99. The van der Waals surface area contributed by atoms with Crippen molar-refractivity contribution in [3.8, 4) is 17.8 Å². The smallest absolute Gasteiger partial charge is 0.481 e. The maximum atomic E-state index is 12.6. The first kappa shape index (κ1) is 14.9. The van der Waals surface area contributed by atoms with Crippen LogP contribution in [-0.2, 0) is 6.42 Å². The van der Waals surface area contributed by atoms with Gasteiger partial charge in [0.25, 0.3) is 6.43 Å². The average molecular weight is 282 g/mol. The van der Waals surface area contributed by atoms with Gasteiger partial charge in [0.2, 0.25) is 11.8 Å². The summed E-state index contributed by atoms with van der Waals surface area (Å²) in [6.07, 6.45) is -8.71. The van der Waals surface area contributed by atoms with Crippen LogP contribution in [0.25, 0.3) is 0 Å². The summed E-state index contributed by atoms with van der Waals surface area (Å²) in [5.41, 5.74) is -1.10. The Bertz CT molecular complexity index is 496. The number of halogens is 5. The zero-order valence-electron chi connectivity index (χ0n) is 9.46. The highest BCUT2D eigenvalue weighted by molar-refractivity contribution is 5.40. The van der Waals surface area contributed by atoms with E-state index in [-0.39, 0.29) is 17.9 Å². The Hall–Kier alpha value is -2.11. The highest BCUT2D eigenvalue weighted by Gasteiger charge is 2.35. The number of ether oxygens (including phenoxy) is 2. The third kappa shape index (κ3) is 3.94. The maximum absolute atomic E-state index is 12.6. The number of methoxy groups -OCH3 is 1. The zero-order valence-corrected chi connectivity index (χ0v) is 9.46. The third-order valence-electron chi connectivity index (χ3n) is 1.96. The van der Waals surface area contributed by atoms with Crippen LogP contribution in [0, 0.1) is 11.3 Å². The molecule has 104 valence electrons. The van der Waals surface area contributed by atoms with Crippen LogP contribution >= 0.6 is 0 Å². The van der Waals surface area contributed by atoms with Crippen LogP contribution in [0.2, 0.25) is 0 Å². The molecule has 0 fully saturated rings. The summed E-state index contributed by atoms with van der Waals surface area (Å²) >= 11 is 0. The van der Waals surface area contributed by atoms with Crippen molar-refractivity contribution in [2.75, 3.05) is 7.11 Å². The van der Waals surface area contributed by atoms with Crippen molar-refractivity contribution < 1.29 is 31.4 Å². The number of nitriles is 1. The van der Waals surface area contributed by atoms with Crippen molar-refractivity contribution in [1.29, 1.82) is 5.26 Å². The van der Waals surface area contributed by atoms with E-state index in [1.54, 1.807) is 6.07 Å². The Balaban J connectivity index is 3.32. The summed E-state index contributed by atoms with van der Waals surface area (Å²) in [6, 6.07) is 2.37. The van der Waals surface area contributed by atoms with Gasteiger partial charge < -0.3 is 9.47 Å². The summed E-state index contributed by atoms with van der Waals surface area (Å²) in [4.78, 5) is 3.22. The molecule has 0 amide bonds. The summed E-state index contributed by atoms with van der Waals surface area (Å²) in [6.45, 7) is 0.